The van der Waals surface area contributed by atoms with Crippen LogP contribution in [0, 0.1) is 17.0 Å². The van der Waals surface area contributed by atoms with Gasteiger partial charge in [0.2, 0.25) is 0 Å². The number of non-ortho nitro benzene ring substituents is 1. The summed E-state index contributed by atoms with van der Waals surface area (Å²) in [4.78, 5) is 20.5. The van der Waals surface area contributed by atoms with E-state index in [0.717, 1.165) is 8.66 Å². The molecule has 1 unspecified atom stereocenters. The predicted molar refractivity (Wildman–Crippen MR) is 95.0 cm³/mol. The van der Waals surface area contributed by atoms with Gasteiger partial charge in [0, 0.05) is 22.4 Å². The Bertz CT molecular complexity index is 896. The molecule has 23 heavy (non-hydrogen) atoms. The van der Waals surface area contributed by atoms with Crippen molar-refractivity contribution in [2.75, 3.05) is 5.32 Å². The van der Waals surface area contributed by atoms with Crippen LogP contribution in [0.2, 0.25) is 0 Å². The van der Waals surface area contributed by atoms with E-state index in [-0.39, 0.29) is 11.7 Å². The molecule has 0 aliphatic carbocycles. The predicted octanol–water partition coefficient (Wildman–Crippen LogP) is 4.84. The third-order valence-electron chi connectivity index (χ3n) is 3.38. The molecule has 1 aromatic carbocycles. The molecule has 1 N–H and O–H groups in total. The molecule has 0 saturated carbocycles. The summed E-state index contributed by atoms with van der Waals surface area (Å²) in [6, 6.07) is 8.67. The summed E-state index contributed by atoms with van der Waals surface area (Å²) in [5.41, 5.74) is 0.713. The lowest BCUT2D eigenvalue weighted by Gasteiger charge is -2.15. The number of halogens is 1. The minimum atomic E-state index is -0.414. The second-order valence-corrected chi connectivity index (χ2v) is 7.58. The summed E-state index contributed by atoms with van der Waals surface area (Å²) in [5.74, 6) is 1.22. The second kappa shape index (κ2) is 6.21. The van der Waals surface area contributed by atoms with Gasteiger partial charge in [0.05, 0.1) is 20.3 Å². The fourth-order valence-corrected chi connectivity index (χ4v) is 3.72. The highest BCUT2D eigenvalue weighted by molar-refractivity contribution is 9.11. The van der Waals surface area contributed by atoms with E-state index < -0.39 is 4.92 Å². The normalized spacial score (nSPS) is 12.3. The molecule has 6 nitrogen and oxygen atoms in total. The molecule has 0 aliphatic rings. The molecule has 3 aromatic rings. The van der Waals surface area contributed by atoms with Gasteiger partial charge in [0.15, 0.2) is 0 Å². The molecule has 0 bridgehead atoms. The lowest BCUT2D eigenvalue weighted by atomic mass is 10.2. The highest BCUT2D eigenvalue weighted by atomic mass is 79.9. The van der Waals surface area contributed by atoms with E-state index in [2.05, 4.69) is 31.2 Å². The van der Waals surface area contributed by atoms with Gasteiger partial charge in [0.25, 0.3) is 5.69 Å². The molecule has 118 valence electrons. The van der Waals surface area contributed by atoms with E-state index >= 15 is 0 Å². The number of anilines is 1. The lowest BCUT2D eigenvalue weighted by Crippen LogP contribution is -2.08. The Kier molecular flexibility index (Phi) is 4.27. The quantitative estimate of drug-likeness (QED) is 0.507. The van der Waals surface area contributed by atoms with Crippen LogP contribution in [-0.2, 0) is 0 Å². The molecule has 0 fully saturated rings. The summed E-state index contributed by atoms with van der Waals surface area (Å²) in [6.07, 6.45) is 0. The minimum Gasteiger partial charge on any atom is -0.362 e. The molecular formula is C15H13BrN4O2S. The van der Waals surface area contributed by atoms with E-state index in [1.807, 2.05) is 19.1 Å². The molecule has 0 spiro atoms. The number of nitro groups is 1. The Morgan fingerprint density at radius 3 is 2.74 bits per heavy atom. The molecule has 3 rings (SSSR count). The van der Waals surface area contributed by atoms with Crippen LogP contribution in [0.25, 0.3) is 10.9 Å². The maximum absolute atomic E-state index is 11.0. The average Bonchev–Trinajstić information content (AvgIpc) is 2.93. The van der Waals surface area contributed by atoms with Crippen LogP contribution in [0.4, 0.5) is 11.5 Å². The number of hydrogen-bond acceptors (Lipinski definition) is 6. The Morgan fingerprint density at radius 2 is 2.09 bits per heavy atom. The Balaban J connectivity index is 2.04. The topological polar surface area (TPSA) is 81.0 Å². The third kappa shape index (κ3) is 3.32. The maximum Gasteiger partial charge on any atom is 0.270 e. The molecular weight excluding hydrogens is 380 g/mol. The Labute approximate surface area is 144 Å². The molecule has 1 atom stereocenters. The van der Waals surface area contributed by atoms with Crippen molar-refractivity contribution in [3.8, 4) is 0 Å². The molecule has 2 heterocycles. The Morgan fingerprint density at radius 1 is 1.30 bits per heavy atom. The largest absolute Gasteiger partial charge is 0.362 e. The van der Waals surface area contributed by atoms with Gasteiger partial charge in [0.1, 0.15) is 11.6 Å². The van der Waals surface area contributed by atoms with E-state index in [1.165, 1.54) is 12.1 Å². The molecule has 0 amide bonds. The maximum atomic E-state index is 11.0. The number of nitrogens with zero attached hydrogens (tertiary/aromatic N) is 3. The SMILES string of the molecule is Cc1nc(NC(C)c2ccc(Br)s2)c2cc([N+](=O)[O-])ccc2n1. The molecule has 0 aliphatic heterocycles. The van der Waals surface area contributed by atoms with E-state index in [1.54, 1.807) is 24.3 Å². The number of thiophene rings is 1. The van der Waals surface area contributed by atoms with E-state index in [9.17, 15) is 10.1 Å². The summed E-state index contributed by atoms with van der Waals surface area (Å²) >= 11 is 5.09. The van der Waals surface area contributed by atoms with Crippen molar-refractivity contribution in [3.05, 3.63) is 54.9 Å². The van der Waals surface area contributed by atoms with Crippen molar-refractivity contribution in [2.24, 2.45) is 0 Å². The van der Waals surface area contributed by atoms with Crippen LogP contribution in [0.3, 0.4) is 0 Å². The fraction of sp³-hybridized carbons (Fsp3) is 0.200. The van der Waals surface area contributed by atoms with Crippen LogP contribution < -0.4 is 5.32 Å². The first-order valence-electron chi connectivity index (χ1n) is 6.88. The van der Waals surface area contributed by atoms with E-state index in [4.69, 9.17) is 0 Å². The minimum absolute atomic E-state index is 0.0273. The number of aromatic nitrogens is 2. The van der Waals surface area contributed by atoms with Crippen LogP contribution in [0.5, 0.6) is 0 Å². The zero-order chi connectivity index (χ0) is 16.6. The van der Waals surface area contributed by atoms with Gasteiger partial charge < -0.3 is 5.32 Å². The van der Waals surface area contributed by atoms with Gasteiger partial charge in [-0.2, -0.15) is 0 Å². The number of nitrogens with one attached hydrogen (secondary N) is 1. The number of rotatable bonds is 4. The number of benzene rings is 1. The smallest absolute Gasteiger partial charge is 0.270 e. The number of fused-ring (bicyclic) bond motifs is 1. The number of hydrogen-bond donors (Lipinski definition) is 1. The molecule has 8 heteroatoms. The van der Waals surface area contributed by atoms with Gasteiger partial charge in [-0.1, -0.05) is 0 Å². The summed E-state index contributed by atoms with van der Waals surface area (Å²) in [7, 11) is 0. The Hall–Kier alpha value is -2.06. The van der Waals surface area contributed by atoms with Crippen LogP contribution >= 0.6 is 27.3 Å². The fourth-order valence-electron chi connectivity index (χ4n) is 2.29. The zero-order valence-electron chi connectivity index (χ0n) is 12.4. The summed E-state index contributed by atoms with van der Waals surface area (Å²) in [6.45, 7) is 3.83. The van der Waals surface area contributed by atoms with Crippen molar-refractivity contribution in [1.82, 2.24) is 9.97 Å². The van der Waals surface area contributed by atoms with Gasteiger partial charge in [-0.05, 0) is 48.0 Å². The van der Waals surface area contributed by atoms with E-state index in [0.29, 0.717) is 22.5 Å². The van der Waals surface area contributed by atoms with Crippen molar-refractivity contribution in [1.29, 1.82) is 0 Å². The standard InChI is InChI=1S/C15H13BrN4O2S/c1-8(13-5-6-14(16)23-13)17-15-11-7-10(20(21)22)3-4-12(11)18-9(2)19-15/h3-8H,1-2H3,(H,17,18,19). The molecule has 0 saturated heterocycles. The van der Waals surface area contributed by atoms with Crippen LogP contribution in [0.1, 0.15) is 23.7 Å². The van der Waals surface area contributed by atoms with Crippen molar-refractivity contribution >= 4 is 49.7 Å². The highest BCUT2D eigenvalue weighted by Crippen LogP contribution is 2.31. The van der Waals surface area contributed by atoms with Crippen molar-refractivity contribution in [3.63, 3.8) is 0 Å². The number of nitro benzene ring substituents is 1. The average molecular weight is 393 g/mol. The third-order valence-corrected chi connectivity index (χ3v) is 5.18. The summed E-state index contributed by atoms with van der Waals surface area (Å²) in [5, 5.41) is 15.0. The van der Waals surface area contributed by atoms with Gasteiger partial charge in [-0.15, -0.1) is 11.3 Å². The second-order valence-electron chi connectivity index (χ2n) is 5.09. The first kappa shape index (κ1) is 15.8. The van der Waals surface area contributed by atoms with Crippen molar-refractivity contribution in [2.45, 2.75) is 19.9 Å². The zero-order valence-corrected chi connectivity index (χ0v) is 14.8. The monoisotopic (exact) mass is 392 g/mol. The van der Waals surface area contributed by atoms with Gasteiger partial charge in [-0.3, -0.25) is 10.1 Å². The van der Waals surface area contributed by atoms with Crippen LogP contribution in [-0.4, -0.2) is 14.9 Å². The lowest BCUT2D eigenvalue weighted by molar-refractivity contribution is -0.384. The van der Waals surface area contributed by atoms with Crippen LogP contribution in [0.15, 0.2) is 34.1 Å². The van der Waals surface area contributed by atoms with Gasteiger partial charge in [-0.25, -0.2) is 9.97 Å². The molecule has 0 radical (unpaired) electrons. The van der Waals surface area contributed by atoms with Crippen molar-refractivity contribution < 1.29 is 4.92 Å². The van der Waals surface area contributed by atoms with Gasteiger partial charge >= 0.3 is 0 Å². The molecule has 2 aromatic heterocycles. The first-order valence-corrected chi connectivity index (χ1v) is 8.49. The highest BCUT2D eigenvalue weighted by Gasteiger charge is 2.15. The summed E-state index contributed by atoms with van der Waals surface area (Å²) < 4.78 is 1.06. The first-order chi connectivity index (χ1) is 10.9. The number of aryl methyl sites for hydroxylation is 1.